The lowest BCUT2D eigenvalue weighted by atomic mass is 9.80. The summed E-state index contributed by atoms with van der Waals surface area (Å²) in [5, 5.41) is 12.9. The Hall–Kier alpha value is -1.59. The quantitative estimate of drug-likeness (QED) is 0.897. The number of hydrogen-bond acceptors (Lipinski definition) is 3. The number of nitrogens with one attached hydrogen (secondary N) is 1. The van der Waals surface area contributed by atoms with Gasteiger partial charge in [0, 0.05) is 12.7 Å². The van der Waals surface area contributed by atoms with E-state index in [0.717, 1.165) is 19.3 Å². The molecule has 1 aliphatic carbocycles. The van der Waals surface area contributed by atoms with Crippen LogP contribution in [0.1, 0.15) is 29.8 Å². The molecule has 0 saturated heterocycles. The van der Waals surface area contributed by atoms with Gasteiger partial charge in [0.05, 0.1) is 5.60 Å². The Bertz CT molecular complexity index is 634. The number of halogens is 1. The van der Waals surface area contributed by atoms with E-state index in [1.165, 1.54) is 0 Å². The lowest BCUT2D eigenvalue weighted by molar-refractivity contribution is -0.0300. The van der Waals surface area contributed by atoms with Crippen LogP contribution >= 0.6 is 11.6 Å². The Morgan fingerprint density at radius 1 is 1.53 bits per heavy atom. The van der Waals surface area contributed by atoms with Gasteiger partial charge in [-0.05, 0) is 31.4 Å². The second-order valence-corrected chi connectivity index (χ2v) is 5.30. The van der Waals surface area contributed by atoms with Gasteiger partial charge in [0.2, 0.25) is 0 Å². The smallest absolute Gasteiger partial charge is 0.271 e. The van der Waals surface area contributed by atoms with Gasteiger partial charge in [-0.15, -0.1) is 0 Å². The average molecular weight is 280 g/mol. The normalized spacial score (nSPS) is 17.2. The summed E-state index contributed by atoms with van der Waals surface area (Å²) in [6.07, 6.45) is 4.20. The maximum Gasteiger partial charge on any atom is 0.271 e. The lowest BCUT2D eigenvalue weighted by Gasteiger charge is -2.36. The summed E-state index contributed by atoms with van der Waals surface area (Å²) >= 11 is 6.01. The van der Waals surface area contributed by atoms with E-state index in [9.17, 15) is 9.90 Å². The van der Waals surface area contributed by atoms with Gasteiger partial charge in [-0.3, -0.25) is 9.20 Å². The molecule has 0 bridgehead atoms. The highest BCUT2D eigenvalue weighted by Crippen LogP contribution is 2.30. The summed E-state index contributed by atoms with van der Waals surface area (Å²) in [4.78, 5) is 16.3. The number of pyridine rings is 1. The number of aliphatic hydroxyl groups is 1. The van der Waals surface area contributed by atoms with E-state index in [2.05, 4.69) is 10.3 Å². The van der Waals surface area contributed by atoms with Crippen molar-refractivity contribution in [1.82, 2.24) is 14.7 Å². The van der Waals surface area contributed by atoms with E-state index in [-0.39, 0.29) is 17.6 Å². The number of nitrogens with zero attached hydrogens (tertiary/aromatic N) is 2. The first-order valence-electron chi connectivity index (χ1n) is 6.22. The van der Waals surface area contributed by atoms with E-state index in [1.807, 2.05) is 6.07 Å². The van der Waals surface area contributed by atoms with Crippen LogP contribution in [0.5, 0.6) is 0 Å². The third kappa shape index (κ3) is 2.19. The Kier molecular flexibility index (Phi) is 2.95. The van der Waals surface area contributed by atoms with Crippen LogP contribution in [0.2, 0.25) is 5.15 Å². The van der Waals surface area contributed by atoms with Crippen LogP contribution in [0.25, 0.3) is 5.65 Å². The van der Waals surface area contributed by atoms with Gasteiger partial charge in [-0.1, -0.05) is 17.7 Å². The van der Waals surface area contributed by atoms with Gasteiger partial charge in [0.15, 0.2) is 10.8 Å². The zero-order valence-corrected chi connectivity index (χ0v) is 11.0. The number of aromatic nitrogens is 2. The molecule has 2 aromatic rings. The molecular formula is C13H14ClN3O2. The van der Waals surface area contributed by atoms with E-state index < -0.39 is 5.60 Å². The van der Waals surface area contributed by atoms with Gasteiger partial charge >= 0.3 is 0 Å². The maximum absolute atomic E-state index is 12.2. The molecule has 1 saturated carbocycles. The summed E-state index contributed by atoms with van der Waals surface area (Å²) in [5.74, 6) is -0.316. The number of amides is 1. The van der Waals surface area contributed by atoms with E-state index >= 15 is 0 Å². The van der Waals surface area contributed by atoms with Gasteiger partial charge in [0.1, 0.15) is 5.65 Å². The highest BCUT2D eigenvalue weighted by Gasteiger charge is 2.35. The molecule has 0 radical (unpaired) electrons. The van der Waals surface area contributed by atoms with Crippen molar-refractivity contribution in [3.05, 3.63) is 35.2 Å². The Morgan fingerprint density at radius 2 is 2.32 bits per heavy atom. The molecule has 0 atom stereocenters. The van der Waals surface area contributed by atoms with Crippen molar-refractivity contribution in [2.75, 3.05) is 6.54 Å². The van der Waals surface area contributed by atoms with Crippen molar-refractivity contribution in [3.8, 4) is 0 Å². The van der Waals surface area contributed by atoms with Crippen LogP contribution < -0.4 is 5.32 Å². The molecule has 3 rings (SSSR count). The Labute approximate surface area is 115 Å². The molecule has 100 valence electrons. The summed E-state index contributed by atoms with van der Waals surface area (Å²) in [6.45, 7) is 0.252. The van der Waals surface area contributed by atoms with E-state index in [4.69, 9.17) is 11.6 Å². The maximum atomic E-state index is 12.2. The van der Waals surface area contributed by atoms with Gasteiger partial charge < -0.3 is 10.4 Å². The number of hydrogen-bond donors (Lipinski definition) is 2. The van der Waals surface area contributed by atoms with Crippen LogP contribution in [0.15, 0.2) is 24.4 Å². The fraction of sp³-hybridized carbons (Fsp3) is 0.385. The third-order valence-corrected chi connectivity index (χ3v) is 3.83. The van der Waals surface area contributed by atoms with Crippen LogP contribution in [0.3, 0.4) is 0 Å². The SMILES string of the molecule is O=C(NCC1(O)CCC1)c1c(Cl)nc2ccccn12. The van der Waals surface area contributed by atoms with Gasteiger partial charge in [0.25, 0.3) is 5.91 Å². The van der Waals surface area contributed by atoms with Crippen LogP contribution in [-0.4, -0.2) is 32.5 Å². The number of carbonyl (C=O) groups excluding carboxylic acids is 1. The minimum Gasteiger partial charge on any atom is -0.388 e. The van der Waals surface area contributed by atoms with Crippen LogP contribution in [-0.2, 0) is 0 Å². The summed E-state index contributed by atoms with van der Waals surface area (Å²) in [7, 11) is 0. The largest absolute Gasteiger partial charge is 0.388 e. The van der Waals surface area contributed by atoms with Crippen LogP contribution in [0.4, 0.5) is 0 Å². The molecule has 19 heavy (non-hydrogen) atoms. The zero-order chi connectivity index (χ0) is 13.5. The third-order valence-electron chi connectivity index (χ3n) is 3.56. The molecule has 1 amide bonds. The molecule has 6 heteroatoms. The highest BCUT2D eigenvalue weighted by molar-refractivity contribution is 6.32. The van der Waals surface area contributed by atoms with Gasteiger partial charge in [-0.25, -0.2) is 4.98 Å². The minimum absolute atomic E-state index is 0.171. The van der Waals surface area contributed by atoms with Crippen molar-refractivity contribution in [1.29, 1.82) is 0 Å². The Morgan fingerprint density at radius 3 is 3.00 bits per heavy atom. The first-order valence-corrected chi connectivity index (χ1v) is 6.60. The first-order chi connectivity index (χ1) is 9.09. The molecule has 1 aliphatic rings. The summed E-state index contributed by atoms with van der Waals surface area (Å²) < 4.78 is 1.64. The number of rotatable bonds is 3. The van der Waals surface area contributed by atoms with Crippen molar-refractivity contribution in [2.45, 2.75) is 24.9 Å². The van der Waals surface area contributed by atoms with Crippen LogP contribution in [0, 0.1) is 0 Å². The molecule has 0 aromatic carbocycles. The van der Waals surface area contributed by atoms with Crippen molar-refractivity contribution >= 4 is 23.2 Å². The lowest BCUT2D eigenvalue weighted by Crippen LogP contribution is -2.48. The zero-order valence-electron chi connectivity index (χ0n) is 10.3. The second kappa shape index (κ2) is 4.51. The topological polar surface area (TPSA) is 66.6 Å². The fourth-order valence-electron chi connectivity index (χ4n) is 2.26. The molecular weight excluding hydrogens is 266 g/mol. The molecule has 2 aromatic heterocycles. The van der Waals surface area contributed by atoms with E-state index in [1.54, 1.807) is 22.7 Å². The first kappa shape index (κ1) is 12.4. The molecule has 1 fully saturated rings. The fourth-order valence-corrected chi connectivity index (χ4v) is 2.52. The van der Waals surface area contributed by atoms with Crippen molar-refractivity contribution < 1.29 is 9.90 Å². The molecule has 5 nitrogen and oxygen atoms in total. The number of carbonyl (C=O) groups is 1. The summed E-state index contributed by atoms with van der Waals surface area (Å²) in [5.41, 5.74) is 0.183. The molecule has 0 unspecified atom stereocenters. The van der Waals surface area contributed by atoms with Crippen molar-refractivity contribution in [3.63, 3.8) is 0 Å². The highest BCUT2D eigenvalue weighted by atomic mass is 35.5. The molecule has 2 N–H and O–H groups in total. The van der Waals surface area contributed by atoms with Crippen molar-refractivity contribution in [2.24, 2.45) is 0 Å². The molecule has 0 spiro atoms. The average Bonchev–Trinajstić information content (AvgIpc) is 2.69. The molecule has 2 heterocycles. The molecule has 0 aliphatic heterocycles. The predicted molar refractivity (Wildman–Crippen MR) is 71.3 cm³/mol. The summed E-state index contributed by atoms with van der Waals surface area (Å²) in [6, 6.07) is 5.42. The second-order valence-electron chi connectivity index (χ2n) is 4.94. The van der Waals surface area contributed by atoms with Gasteiger partial charge in [-0.2, -0.15) is 0 Å². The monoisotopic (exact) mass is 279 g/mol. The minimum atomic E-state index is -0.747. The predicted octanol–water partition coefficient (Wildman–Crippen LogP) is 1.63. The number of fused-ring (bicyclic) bond motifs is 1. The standard InChI is InChI=1S/C13H14ClN3O2/c14-11-10(17-7-2-1-4-9(17)16-11)12(18)15-8-13(19)5-3-6-13/h1-2,4,7,19H,3,5-6,8H2,(H,15,18). The number of imidazole rings is 1. The Balaban J connectivity index is 1.83. The van der Waals surface area contributed by atoms with E-state index in [0.29, 0.717) is 11.3 Å².